The van der Waals surface area contributed by atoms with Gasteiger partial charge in [0.1, 0.15) is 5.75 Å². The molecule has 0 aliphatic heterocycles. The molecule has 7 heteroatoms. The van der Waals surface area contributed by atoms with Gasteiger partial charge in [-0.25, -0.2) is 0 Å². The summed E-state index contributed by atoms with van der Waals surface area (Å²) >= 11 is 5.02. The van der Waals surface area contributed by atoms with Gasteiger partial charge >= 0.3 is 0 Å². The van der Waals surface area contributed by atoms with E-state index in [1.165, 1.54) is 5.56 Å². The van der Waals surface area contributed by atoms with Crippen molar-refractivity contribution in [2.24, 2.45) is 0 Å². The molecule has 0 unspecified atom stereocenters. The Morgan fingerprint density at radius 3 is 2.76 bits per heavy atom. The van der Waals surface area contributed by atoms with E-state index in [4.69, 9.17) is 9.26 Å². The molecule has 0 amide bonds. The van der Waals surface area contributed by atoms with E-state index in [-0.39, 0.29) is 0 Å². The van der Waals surface area contributed by atoms with E-state index in [1.54, 1.807) is 18.4 Å². The van der Waals surface area contributed by atoms with Crippen molar-refractivity contribution in [2.75, 3.05) is 13.7 Å². The highest BCUT2D eigenvalue weighted by atomic mass is 79.9. The fourth-order valence-electron chi connectivity index (χ4n) is 2.40. The van der Waals surface area contributed by atoms with Crippen LogP contribution in [0, 0.1) is 0 Å². The second kappa shape index (κ2) is 8.42. The minimum absolute atomic E-state index is 0.567. The molecular formula is C18H18BrN3O2S. The number of halogens is 1. The number of benzene rings is 1. The van der Waals surface area contributed by atoms with Crippen LogP contribution in [0.25, 0.3) is 10.7 Å². The van der Waals surface area contributed by atoms with Crippen LogP contribution >= 0.6 is 27.3 Å². The Labute approximate surface area is 159 Å². The summed E-state index contributed by atoms with van der Waals surface area (Å²) in [6.07, 6.45) is 1.87. The average Bonchev–Trinajstić information content (AvgIpc) is 3.25. The Morgan fingerprint density at radius 1 is 1.32 bits per heavy atom. The van der Waals surface area contributed by atoms with Crippen molar-refractivity contribution < 1.29 is 9.26 Å². The van der Waals surface area contributed by atoms with Crippen molar-refractivity contribution in [3.63, 3.8) is 0 Å². The van der Waals surface area contributed by atoms with Crippen LogP contribution in [0.2, 0.25) is 0 Å². The first-order valence-electron chi connectivity index (χ1n) is 7.71. The molecule has 0 spiro atoms. The Kier molecular flexibility index (Phi) is 6.01. The lowest BCUT2D eigenvalue weighted by atomic mass is 10.2. The summed E-state index contributed by atoms with van der Waals surface area (Å²) in [5, 5.41) is 6.08. The quantitative estimate of drug-likeness (QED) is 0.492. The molecule has 0 aliphatic carbocycles. The van der Waals surface area contributed by atoms with Gasteiger partial charge in [0.15, 0.2) is 0 Å². The molecule has 0 N–H and O–H groups in total. The average molecular weight is 420 g/mol. The zero-order valence-electron chi connectivity index (χ0n) is 13.8. The summed E-state index contributed by atoms with van der Waals surface area (Å²) in [4.78, 5) is 7.67. The molecule has 0 saturated heterocycles. The van der Waals surface area contributed by atoms with E-state index in [0.29, 0.717) is 18.3 Å². The molecule has 1 aromatic carbocycles. The minimum Gasteiger partial charge on any atom is -0.497 e. The van der Waals surface area contributed by atoms with Crippen molar-refractivity contribution in [1.29, 1.82) is 0 Å². The van der Waals surface area contributed by atoms with Gasteiger partial charge in [0, 0.05) is 22.9 Å². The van der Waals surface area contributed by atoms with Gasteiger partial charge in [-0.2, -0.15) is 4.98 Å². The molecule has 2 aromatic heterocycles. The first-order chi connectivity index (χ1) is 12.2. The van der Waals surface area contributed by atoms with Crippen LogP contribution in [0.15, 0.2) is 57.4 Å². The van der Waals surface area contributed by atoms with Crippen molar-refractivity contribution in [3.8, 4) is 16.5 Å². The highest BCUT2D eigenvalue weighted by Gasteiger charge is 2.14. The lowest BCUT2D eigenvalue weighted by molar-refractivity contribution is 0.239. The molecule has 0 atom stereocenters. The van der Waals surface area contributed by atoms with Gasteiger partial charge in [-0.05, 0) is 39.7 Å². The van der Waals surface area contributed by atoms with E-state index < -0.39 is 0 Å². The summed E-state index contributed by atoms with van der Waals surface area (Å²) in [6.45, 7) is 5.89. The zero-order chi connectivity index (χ0) is 17.6. The van der Waals surface area contributed by atoms with Gasteiger partial charge in [0.25, 0.3) is 0 Å². The smallest absolute Gasteiger partial charge is 0.241 e. The molecule has 25 heavy (non-hydrogen) atoms. The molecule has 3 aromatic rings. The van der Waals surface area contributed by atoms with Crippen LogP contribution < -0.4 is 4.74 Å². The van der Waals surface area contributed by atoms with Crippen LogP contribution in [0.1, 0.15) is 11.5 Å². The van der Waals surface area contributed by atoms with Crippen LogP contribution in [-0.2, 0) is 13.1 Å². The van der Waals surface area contributed by atoms with Gasteiger partial charge in [-0.3, -0.25) is 4.90 Å². The minimum atomic E-state index is 0.567. The number of ether oxygens (including phenoxy) is 1. The number of rotatable bonds is 8. The molecule has 0 aliphatic rings. The molecule has 3 rings (SSSR count). The molecule has 0 bridgehead atoms. The van der Waals surface area contributed by atoms with Crippen molar-refractivity contribution in [1.82, 2.24) is 15.0 Å². The molecule has 5 nitrogen and oxygen atoms in total. The number of nitrogens with zero attached hydrogens (tertiary/aromatic N) is 3. The maximum atomic E-state index is 5.41. The van der Waals surface area contributed by atoms with Crippen molar-refractivity contribution in [2.45, 2.75) is 13.1 Å². The van der Waals surface area contributed by atoms with E-state index in [1.807, 2.05) is 29.7 Å². The van der Waals surface area contributed by atoms with Gasteiger partial charge in [-0.15, -0.1) is 17.9 Å². The lowest BCUT2D eigenvalue weighted by Crippen LogP contribution is -2.23. The molecular weight excluding hydrogens is 402 g/mol. The maximum absolute atomic E-state index is 5.41. The third-order valence-electron chi connectivity index (χ3n) is 3.57. The molecule has 2 heterocycles. The largest absolute Gasteiger partial charge is 0.497 e. The van der Waals surface area contributed by atoms with Gasteiger partial charge in [0.2, 0.25) is 11.7 Å². The van der Waals surface area contributed by atoms with Crippen molar-refractivity contribution in [3.05, 3.63) is 64.3 Å². The van der Waals surface area contributed by atoms with Gasteiger partial charge < -0.3 is 9.26 Å². The summed E-state index contributed by atoms with van der Waals surface area (Å²) < 4.78 is 11.6. The molecule has 0 saturated carbocycles. The molecule has 0 radical (unpaired) electrons. The third-order valence-corrected chi connectivity index (χ3v) is 5.25. The van der Waals surface area contributed by atoms with E-state index in [2.05, 4.69) is 49.7 Å². The van der Waals surface area contributed by atoms with Gasteiger partial charge in [0.05, 0.1) is 18.5 Å². The Morgan fingerprint density at radius 2 is 2.12 bits per heavy atom. The second-order valence-corrected chi connectivity index (χ2v) is 7.27. The monoisotopic (exact) mass is 419 g/mol. The van der Waals surface area contributed by atoms with Crippen LogP contribution in [0.3, 0.4) is 0 Å². The first kappa shape index (κ1) is 17.8. The number of methoxy groups -OCH3 is 1. The maximum Gasteiger partial charge on any atom is 0.241 e. The first-order valence-corrected chi connectivity index (χ1v) is 9.38. The fraction of sp³-hybridized carbons (Fsp3) is 0.222. The van der Waals surface area contributed by atoms with Crippen LogP contribution in [0.4, 0.5) is 0 Å². The van der Waals surface area contributed by atoms with E-state index in [9.17, 15) is 0 Å². The van der Waals surface area contributed by atoms with E-state index in [0.717, 1.165) is 28.2 Å². The normalized spacial score (nSPS) is 11.0. The number of hydrogen-bond donors (Lipinski definition) is 0. The summed E-state index contributed by atoms with van der Waals surface area (Å²) in [5.74, 6) is 2.06. The Bertz CT molecular complexity index is 829. The fourth-order valence-corrected chi connectivity index (χ4v) is 3.75. The number of aromatic nitrogens is 2. The Balaban J connectivity index is 1.68. The molecule has 130 valence electrons. The zero-order valence-corrected chi connectivity index (χ0v) is 16.2. The number of hydrogen-bond acceptors (Lipinski definition) is 6. The van der Waals surface area contributed by atoms with E-state index >= 15 is 0 Å². The second-order valence-electron chi connectivity index (χ2n) is 5.45. The molecule has 0 fully saturated rings. The summed E-state index contributed by atoms with van der Waals surface area (Å²) in [7, 11) is 1.66. The number of thiophene rings is 1. The lowest BCUT2D eigenvalue weighted by Gasteiger charge is -2.18. The highest BCUT2D eigenvalue weighted by molar-refractivity contribution is 9.10. The summed E-state index contributed by atoms with van der Waals surface area (Å²) in [5.41, 5.74) is 1.18. The predicted octanol–water partition coefficient (Wildman–Crippen LogP) is 4.76. The Hall–Kier alpha value is -1.96. The van der Waals surface area contributed by atoms with Crippen molar-refractivity contribution >= 4 is 27.3 Å². The highest BCUT2D eigenvalue weighted by Crippen LogP contribution is 2.27. The predicted molar refractivity (Wildman–Crippen MR) is 103 cm³/mol. The van der Waals surface area contributed by atoms with Gasteiger partial charge in [-0.1, -0.05) is 23.4 Å². The van der Waals surface area contributed by atoms with Crippen LogP contribution in [0.5, 0.6) is 5.75 Å². The summed E-state index contributed by atoms with van der Waals surface area (Å²) in [6, 6.07) is 10.0. The van der Waals surface area contributed by atoms with Crippen LogP contribution in [-0.4, -0.2) is 28.7 Å². The standard InChI is InChI=1S/C18H18BrN3O2S/c1-3-8-22(10-13-4-6-15(23-2)7-5-13)11-17-20-18(21-24-17)16-9-14(19)12-25-16/h3-7,9,12H,1,8,10-11H2,2H3. The third kappa shape index (κ3) is 4.78. The topological polar surface area (TPSA) is 51.4 Å². The SMILES string of the molecule is C=CCN(Cc1ccc(OC)cc1)Cc1nc(-c2cc(Br)cs2)no1.